The minimum absolute atomic E-state index is 0.237. The van der Waals surface area contributed by atoms with Crippen molar-refractivity contribution < 1.29 is 9.53 Å². The number of hydrogen-bond donors (Lipinski definition) is 2. The molecular formula is C15H22N4O2. The zero-order chi connectivity index (χ0) is 15.4. The van der Waals surface area contributed by atoms with Crippen LogP contribution in [0.3, 0.4) is 0 Å². The van der Waals surface area contributed by atoms with E-state index in [1.54, 1.807) is 0 Å². The highest BCUT2D eigenvalue weighted by atomic mass is 16.5. The zero-order valence-corrected chi connectivity index (χ0v) is 12.9. The highest BCUT2D eigenvalue weighted by Crippen LogP contribution is 2.25. The van der Waals surface area contributed by atoms with Crippen molar-refractivity contribution >= 4 is 23.0 Å². The number of imidazole rings is 1. The average molecular weight is 290 g/mol. The van der Waals surface area contributed by atoms with Crippen LogP contribution < -0.4 is 5.32 Å². The lowest BCUT2D eigenvalue weighted by Crippen LogP contribution is -2.19. The molecule has 1 atom stereocenters. The number of fused-ring (bicyclic) bond motifs is 1. The number of rotatable bonds is 6. The molecule has 114 valence electrons. The number of carbonyl (C=O) groups is 1. The van der Waals surface area contributed by atoms with E-state index >= 15 is 0 Å². The van der Waals surface area contributed by atoms with Crippen LogP contribution in [0, 0.1) is 5.92 Å². The number of esters is 1. The number of nitrogens with one attached hydrogen (secondary N) is 2. The SMILES string of the molecule is CCOC(=O)C(CC(C)C)c1nc2nc(NC)ccc2[nH]1. The second-order valence-electron chi connectivity index (χ2n) is 5.37. The smallest absolute Gasteiger partial charge is 0.316 e. The van der Waals surface area contributed by atoms with Crippen molar-refractivity contribution in [2.24, 2.45) is 5.92 Å². The molecule has 2 aromatic heterocycles. The molecule has 0 saturated heterocycles. The Morgan fingerprint density at radius 3 is 2.76 bits per heavy atom. The Hall–Kier alpha value is -2.11. The van der Waals surface area contributed by atoms with Crippen molar-refractivity contribution in [2.75, 3.05) is 19.0 Å². The first-order valence-corrected chi connectivity index (χ1v) is 7.26. The topological polar surface area (TPSA) is 79.9 Å². The quantitative estimate of drug-likeness (QED) is 0.800. The normalized spacial score (nSPS) is 12.6. The van der Waals surface area contributed by atoms with E-state index < -0.39 is 0 Å². The first kappa shape index (κ1) is 15.3. The summed E-state index contributed by atoms with van der Waals surface area (Å²) in [6.07, 6.45) is 0.692. The van der Waals surface area contributed by atoms with Crippen LogP contribution in [-0.2, 0) is 9.53 Å². The van der Waals surface area contributed by atoms with E-state index in [0.717, 1.165) is 11.3 Å². The van der Waals surface area contributed by atoms with Gasteiger partial charge < -0.3 is 15.0 Å². The molecule has 0 aliphatic carbocycles. The second-order valence-corrected chi connectivity index (χ2v) is 5.37. The third kappa shape index (κ3) is 3.51. The highest BCUT2D eigenvalue weighted by Gasteiger charge is 2.26. The molecule has 21 heavy (non-hydrogen) atoms. The third-order valence-electron chi connectivity index (χ3n) is 3.23. The molecule has 0 aliphatic heterocycles. The maximum absolute atomic E-state index is 12.2. The summed E-state index contributed by atoms with van der Waals surface area (Å²) >= 11 is 0. The summed E-state index contributed by atoms with van der Waals surface area (Å²) in [7, 11) is 1.81. The van der Waals surface area contributed by atoms with Gasteiger partial charge in [-0.15, -0.1) is 0 Å². The van der Waals surface area contributed by atoms with Crippen molar-refractivity contribution in [3.8, 4) is 0 Å². The number of pyridine rings is 1. The molecule has 6 heteroatoms. The first-order chi connectivity index (χ1) is 10.0. The molecule has 0 bridgehead atoms. The van der Waals surface area contributed by atoms with E-state index in [4.69, 9.17) is 4.74 Å². The summed E-state index contributed by atoms with van der Waals surface area (Å²) in [5.74, 6) is 1.12. The molecule has 0 radical (unpaired) electrons. The Morgan fingerprint density at radius 2 is 2.14 bits per heavy atom. The van der Waals surface area contributed by atoms with Gasteiger partial charge in [0.1, 0.15) is 17.6 Å². The van der Waals surface area contributed by atoms with E-state index in [1.165, 1.54) is 0 Å². The molecule has 0 aromatic carbocycles. The van der Waals surface area contributed by atoms with E-state index in [0.29, 0.717) is 30.4 Å². The Labute approximate surface area is 124 Å². The molecule has 2 rings (SSSR count). The van der Waals surface area contributed by atoms with Gasteiger partial charge in [0.25, 0.3) is 0 Å². The molecular weight excluding hydrogens is 268 g/mol. The predicted octanol–water partition coefficient (Wildman–Crippen LogP) is 2.69. The number of aromatic amines is 1. The molecule has 0 aliphatic rings. The Kier molecular flexibility index (Phi) is 4.77. The summed E-state index contributed by atoms with van der Waals surface area (Å²) in [5.41, 5.74) is 1.43. The molecule has 0 fully saturated rings. The fraction of sp³-hybridized carbons (Fsp3) is 0.533. The third-order valence-corrected chi connectivity index (χ3v) is 3.23. The fourth-order valence-electron chi connectivity index (χ4n) is 2.25. The van der Waals surface area contributed by atoms with Crippen LogP contribution in [0.4, 0.5) is 5.82 Å². The number of ether oxygens (including phenoxy) is 1. The predicted molar refractivity (Wildman–Crippen MR) is 82.3 cm³/mol. The molecule has 2 heterocycles. The zero-order valence-electron chi connectivity index (χ0n) is 12.9. The van der Waals surface area contributed by atoms with Crippen LogP contribution in [0.2, 0.25) is 0 Å². The van der Waals surface area contributed by atoms with Crippen LogP contribution in [0.5, 0.6) is 0 Å². The molecule has 6 nitrogen and oxygen atoms in total. The van der Waals surface area contributed by atoms with Crippen LogP contribution in [0.25, 0.3) is 11.2 Å². The van der Waals surface area contributed by atoms with E-state index in [2.05, 4.69) is 34.1 Å². The largest absolute Gasteiger partial charge is 0.465 e. The molecule has 2 aromatic rings. The molecule has 2 N–H and O–H groups in total. The fourth-order valence-corrected chi connectivity index (χ4v) is 2.25. The number of hydrogen-bond acceptors (Lipinski definition) is 5. The van der Waals surface area contributed by atoms with E-state index in [1.807, 2.05) is 26.1 Å². The van der Waals surface area contributed by atoms with Gasteiger partial charge in [-0.3, -0.25) is 4.79 Å². The maximum atomic E-state index is 12.2. The van der Waals surface area contributed by atoms with Crippen molar-refractivity contribution in [3.05, 3.63) is 18.0 Å². The molecule has 1 unspecified atom stereocenters. The summed E-state index contributed by atoms with van der Waals surface area (Å²) in [4.78, 5) is 24.2. The van der Waals surface area contributed by atoms with Crippen molar-refractivity contribution in [3.63, 3.8) is 0 Å². The summed E-state index contributed by atoms with van der Waals surface area (Å²) in [6, 6.07) is 3.77. The van der Waals surface area contributed by atoms with Crippen molar-refractivity contribution in [1.82, 2.24) is 15.0 Å². The van der Waals surface area contributed by atoms with Crippen molar-refractivity contribution in [2.45, 2.75) is 33.1 Å². The van der Waals surface area contributed by atoms with Crippen LogP contribution in [-0.4, -0.2) is 34.6 Å². The number of nitrogens with zero attached hydrogens (tertiary/aromatic N) is 2. The van der Waals surface area contributed by atoms with Gasteiger partial charge in [-0.2, -0.15) is 0 Å². The average Bonchev–Trinajstić information content (AvgIpc) is 2.87. The number of H-pyrrole nitrogens is 1. The minimum Gasteiger partial charge on any atom is -0.465 e. The van der Waals surface area contributed by atoms with Gasteiger partial charge in [0.2, 0.25) is 0 Å². The second kappa shape index (κ2) is 6.56. The number of anilines is 1. The maximum Gasteiger partial charge on any atom is 0.316 e. The van der Waals surface area contributed by atoms with Gasteiger partial charge in [-0.05, 0) is 31.4 Å². The lowest BCUT2D eigenvalue weighted by atomic mass is 9.96. The van der Waals surface area contributed by atoms with Gasteiger partial charge >= 0.3 is 5.97 Å². The first-order valence-electron chi connectivity index (χ1n) is 7.26. The summed E-state index contributed by atoms with van der Waals surface area (Å²) in [5, 5.41) is 2.98. The molecule has 0 spiro atoms. The van der Waals surface area contributed by atoms with Gasteiger partial charge in [0.05, 0.1) is 12.1 Å². The summed E-state index contributed by atoms with van der Waals surface area (Å²) in [6.45, 7) is 6.33. The Balaban J connectivity index is 2.36. The van der Waals surface area contributed by atoms with Gasteiger partial charge in [-0.1, -0.05) is 13.8 Å². The molecule has 0 saturated carbocycles. The standard InChI is InChI=1S/C15H22N4O2/c1-5-21-15(20)10(8-9(2)3)13-17-11-6-7-12(16-4)18-14(11)19-13/h6-7,9-10H,5,8H2,1-4H3,(H2,16,17,18,19). The van der Waals surface area contributed by atoms with Crippen LogP contribution in [0.1, 0.15) is 38.9 Å². The Morgan fingerprint density at radius 1 is 1.38 bits per heavy atom. The van der Waals surface area contributed by atoms with Gasteiger partial charge in [-0.25, -0.2) is 9.97 Å². The number of aromatic nitrogens is 3. The lowest BCUT2D eigenvalue weighted by molar-refractivity contribution is -0.145. The molecule has 0 amide bonds. The van der Waals surface area contributed by atoms with E-state index in [-0.39, 0.29) is 11.9 Å². The highest BCUT2D eigenvalue weighted by molar-refractivity contribution is 5.80. The Bertz CT molecular complexity index is 621. The van der Waals surface area contributed by atoms with Crippen LogP contribution >= 0.6 is 0 Å². The van der Waals surface area contributed by atoms with E-state index in [9.17, 15) is 4.79 Å². The minimum atomic E-state index is -0.378. The van der Waals surface area contributed by atoms with Crippen molar-refractivity contribution in [1.29, 1.82) is 0 Å². The lowest BCUT2D eigenvalue weighted by Gasteiger charge is -2.15. The van der Waals surface area contributed by atoms with Crippen LogP contribution in [0.15, 0.2) is 12.1 Å². The summed E-state index contributed by atoms with van der Waals surface area (Å²) < 4.78 is 5.17. The monoisotopic (exact) mass is 290 g/mol. The van der Waals surface area contributed by atoms with Gasteiger partial charge in [0, 0.05) is 7.05 Å². The van der Waals surface area contributed by atoms with Gasteiger partial charge in [0.15, 0.2) is 5.65 Å². The number of carbonyl (C=O) groups excluding carboxylic acids is 1.